The molecule has 2 heterocycles. The van der Waals surface area contributed by atoms with Crippen molar-refractivity contribution in [3.05, 3.63) is 40.7 Å². The van der Waals surface area contributed by atoms with Crippen LogP contribution in [0.4, 0.5) is 16.2 Å². The monoisotopic (exact) mass is 487 g/mol. The number of aryl methyl sites for hydroxylation is 2. The van der Waals surface area contributed by atoms with E-state index in [0.29, 0.717) is 31.7 Å². The van der Waals surface area contributed by atoms with Crippen LogP contribution in [0.5, 0.6) is 0 Å². The average Bonchev–Trinajstić information content (AvgIpc) is 3.54. The molecule has 9 nitrogen and oxygen atoms in total. The highest BCUT2D eigenvalue weighted by molar-refractivity contribution is 7.91. The molecule has 184 valence electrons. The van der Waals surface area contributed by atoms with E-state index in [-0.39, 0.29) is 12.1 Å². The van der Waals surface area contributed by atoms with Crippen LogP contribution >= 0.6 is 0 Å². The number of fused-ring (bicyclic) bond motifs is 2. The van der Waals surface area contributed by atoms with E-state index < -0.39 is 16.2 Å². The molecular formula is C24H33N5O4S. The first-order chi connectivity index (χ1) is 16.3. The molecule has 0 radical (unpaired) electrons. The van der Waals surface area contributed by atoms with E-state index in [2.05, 4.69) is 21.2 Å². The van der Waals surface area contributed by atoms with Crippen LogP contribution in [0.1, 0.15) is 67.8 Å². The number of rotatable bonds is 6. The van der Waals surface area contributed by atoms with Crippen molar-refractivity contribution >= 4 is 27.6 Å². The third-order valence-electron chi connectivity index (χ3n) is 7.09. The van der Waals surface area contributed by atoms with Gasteiger partial charge in [0.15, 0.2) is 0 Å². The van der Waals surface area contributed by atoms with E-state index in [1.807, 2.05) is 13.8 Å². The largest absolute Gasteiger partial charge is 0.381 e. The Hall–Kier alpha value is -2.59. The van der Waals surface area contributed by atoms with Crippen molar-refractivity contribution in [2.75, 3.05) is 22.8 Å². The Bertz CT molecular complexity index is 1150. The number of anilines is 2. The topological polar surface area (TPSA) is 106 Å². The summed E-state index contributed by atoms with van der Waals surface area (Å²) in [5, 5.41) is 7.25. The molecule has 2 aliphatic carbocycles. The Kier molecular flexibility index (Phi) is 6.28. The van der Waals surface area contributed by atoms with Gasteiger partial charge in [-0.2, -0.15) is 13.5 Å². The van der Waals surface area contributed by atoms with Gasteiger partial charge in [-0.3, -0.25) is 4.68 Å². The van der Waals surface area contributed by atoms with Crippen molar-refractivity contribution in [2.24, 2.45) is 0 Å². The number of benzene rings is 1. The Morgan fingerprint density at radius 2 is 1.76 bits per heavy atom. The van der Waals surface area contributed by atoms with Gasteiger partial charge in [-0.15, -0.1) is 0 Å². The number of aromatic nitrogens is 2. The summed E-state index contributed by atoms with van der Waals surface area (Å²) in [6.07, 6.45) is 10.3. The van der Waals surface area contributed by atoms with Crippen molar-refractivity contribution in [3.63, 3.8) is 0 Å². The molecule has 1 aromatic carbocycles. The molecule has 1 saturated heterocycles. The summed E-state index contributed by atoms with van der Waals surface area (Å²) in [7, 11) is -4.17. The first kappa shape index (κ1) is 23.2. The molecule has 2 aromatic rings. The molecule has 3 aliphatic rings. The van der Waals surface area contributed by atoms with Crippen LogP contribution in [0.3, 0.4) is 0 Å². The smallest absolute Gasteiger partial charge is 0.334 e. The quantitative estimate of drug-likeness (QED) is 0.649. The van der Waals surface area contributed by atoms with Crippen molar-refractivity contribution in [1.82, 2.24) is 14.5 Å². The number of carbonyl (C=O) groups excluding carboxylic acids is 1. The molecule has 34 heavy (non-hydrogen) atoms. The van der Waals surface area contributed by atoms with Crippen LogP contribution in [-0.2, 0) is 40.6 Å². The summed E-state index contributed by atoms with van der Waals surface area (Å²) < 4.78 is 37.9. The van der Waals surface area contributed by atoms with Gasteiger partial charge in [-0.05, 0) is 87.5 Å². The maximum Gasteiger partial charge on any atom is 0.334 e. The zero-order valence-corrected chi connectivity index (χ0v) is 20.7. The number of nitrogens with one attached hydrogen (secondary N) is 2. The number of nitrogens with zero attached hydrogens (tertiary/aromatic N) is 3. The maximum atomic E-state index is 13.6. The molecule has 0 atom stereocenters. The molecule has 0 saturated carbocycles. The van der Waals surface area contributed by atoms with Gasteiger partial charge >= 0.3 is 16.2 Å². The molecule has 1 aromatic heterocycles. The van der Waals surface area contributed by atoms with E-state index in [1.165, 1.54) is 15.4 Å². The van der Waals surface area contributed by atoms with Gasteiger partial charge in [0.1, 0.15) is 0 Å². The van der Waals surface area contributed by atoms with Crippen molar-refractivity contribution in [1.29, 1.82) is 0 Å². The second-order valence-electron chi connectivity index (χ2n) is 9.71. The van der Waals surface area contributed by atoms with Gasteiger partial charge in [0, 0.05) is 31.1 Å². The summed E-state index contributed by atoms with van der Waals surface area (Å²) in [6.45, 7) is 4.91. The van der Waals surface area contributed by atoms with Gasteiger partial charge in [-0.1, -0.05) is 6.07 Å². The van der Waals surface area contributed by atoms with E-state index in [9.17, 15) is 13.2 Å². The predicted octanol–water partition coefficient (Wildman–Crippen LogP) is 3.49. The highest BCUT2D eigenvalue weighted by atomic mass is 32.2. The highest BCUT2D eigenvalue weighted by Crippen LogP contribution is 2.38. The zero-order chi connectivity index (χ0) is 23.9. The number of ether oxygens (including phenoxy) is 1. The number of carbonyl (C=O) groups is 1. The normalized spacial score (nSPS) is 18.1. The van der Waals surface area contributed by atoms with E-state index in [4.69, 9.17) is 4.74 Å². The fraction of sp³-hybridized carbons (Fsp3) is 0.583. The summed E-state index contributed by atoms with van der Waals surface area (Å²) >= 11 is 0. The van der Waals surface area contributed by atoms with E-state index in [1.54, 1.807) is 17.1 Å². The molecule has 5 rings (SSSR count). The minimum absolute atomic E-state index is 0.0894. The minimum atomic E-state index is -4.17. The van der Waals surface area contributed by atoms with E-state index >= 15 is 0 Å². The van der Waals surface area contributed by atoms with Crippen molar-refractivity contribution in [2.45, 2.75) is 77.3 Å². The maximum absolute atomic E-state index is 13.6. The standard InChI is InChI=1S/C24H33N5O4S/c1-16(2)28-15-20(14-25-28)29(19-9-11-33-12-10-19)34(31,32)27-24(30)26-23-21-7-3-5-17(21)13-18-6-4-8-22(18)23/h13-16,19H,3-12H2,1-2H3,(H2,26,27,30). The molecule has 2 amide bonds. The minimum Gasteiger partial charge on any atom is -0.381 e. The molecule has 0 unspecified atom stereocenters. The highest BCUT2D eigenvalue weighted by Gasteiger charge is 2.34. The summed E-state index contributed by atoms with van der Waals surface area (Å²) in [6, 6.07) is 1.34. The lowest BCUT2D eigenvalue weighted by molar-refractivity contribution is 0.0875. The van der Waals surface area contributed by atoms with E-state index in [0.717, 1.165) is 55.3 Å². The predicted molar refractivity (Wildman–Crippen MR) is 130 cm³/mol. The third-order valence-corrected chi connectivity index (χ3v) is 8.56. The molecule has 1 fully saturated rings. The molecule has 0 bridgehead atoms. The van der Waals surface area contributed by atoms with Gasteiger partial charge in [0.2, 0.25) is 0 Å². The molecular weight excluding hydrogens is 454 g/mol. The molecule has 0 spiro atoms. The second-order valence-corrected chi connectivity index (χ2v) is 11.3. The summed E-state index contributed by atoms with van der Waals surface area (Å²) in [5.41, 5.74) is 6.15. The zero-order valence-electron chi connectivity index (χ0n) is 19.8. The van der Waals surface area contributed by atoms with Gasteiger partial charge in [-0.25, -0.2) is 13.8 Å². The molecule has 2 N–H and O–H groups in total. The first-order valence-corrected chi connectivity index (χ1v) is 13.7. The molecule has 1 aliphatic heterocycles. The lowest BCUT2D eigenvalue weighted by Gasteiger charge is -2.33. The number of hydrogen-bond acceptors (Lipinski definition) is 5. The Balaban J connectivity index is 1.41. The SMILES string of the molecule is CC(C)n1cc(N(C2CCOCC2)S(=O)(=O)NC(=O)Nc2c3c(cc4c2CCC4)CCC3)cn1. The van der Waals surface area contributed by atoms with Crippen LogP contribution in [0.15, 0.2) is 18.5 Å². The Morgan fingerprint density at radius 3 is 2.35 bits per heavy atom. The van der Waals surface area contributed by atoms with Crippen LogP contribution < -0.4 is 14.3 Å². The average molecular weight is 488 g/mol. The fourth-order valence-corrected chi connectivity index (χ4v) is 6.82. The Labute approximate surface area is 201 Å². The fourth-order valence-electron chi connectivity index (χ4n) is 5.46. The summed E-state index contributed by atoms with van der Waals surface area (Å²) in [5.74, 6) is 0. The van der Waals surface area contributed by atoms with Crippen molar-refractivity contribution in [3.8, 4) is 0 Å². The van der Waals surface area contributed by atoms with Gasteiger partial charge in [0.25, 0.3) is 0 Å². The number of urea groups is 1. The van der Waals surface area contributed by atoms with Crippen LogP contribution in [0.25, 0.3) is 0 Å². The lowest BCUT2D eigenvalue weighted by Crippen LogP contribution is -2.51. The molecule has 10 heteroatoms. The second kappa shape index (κ2) is 9.22. The Morgan fingerprint density at radius 1 is 1.12 bits per heavy atom. The lowest BCUT2D eigenvalue weighted by atomic mass is 9.99. The van der Waals surface area contributed by atoms with Crippen LogP contribution in [0, 0.1) is 0 Å². The first-order valence-electron chi connectivity index (χ1n) is 12.2. The van der Waals surface area contributed by atoms with Gasteiger partial charge in [0.05, 0.1) is 17.9 Å². The third kappa shape index (κ3) is 4.40. The van der Waals surface area contributed by atoms with Crippen LogP contribution in [0.2, 0.25) is 0 Å². The van der Waals surface area contributed by atoms with Crippen molar-refractivity contribution < 1.29 is 17.9 Å². The van der Waals surface area contributed by atoms with Gasteiger partial charge < -0.3 is 10.1 Å². The van der Waals surface area contributed by atoms with Crippen LogP contribution in [-0.4, -0.2) is 43.5 Å². The number of hydrogen-bond donors (Lipinski definition) is 2. The number of amides is 2. The summed E-state index contributed by atoms with van der Waals surface area (Å²) in [4.78, 5) is 13.1.